The van der Waals surface area contributed by atoms with Crippen molar-refractivity contribution in [1.82, 2.24) is 25.2 Å². The summed E-state index contributed by atoms with van der Waals surface area (Å²) < 4.78 is 1.37. The van der Waals surface area contributed by atoms with Crippen LogP contribution in [0.3, 0.4) is 0 Å². The molecule has 0 aliphatic carbocycles. The van der Waals surface area contributed by atoms with Gasteiger partial charge in [0.1, 0.15) is 0 Å². The molecular formula is C14H17ClN6O3. The molecule has 0 unspecified atom stereocenters. The van der Waals surface area contributed by atoms with E-state index >= 15 is 0 Å². The molecule has 0 saturated carbocycles. The minimum absolute atomic E-state index is 0. The number of amides is 1. The highest BCUT2D eigenvalue weighted by atomic mass is 35.5. The van der Waals surface area contributed by atoms with Gasteiger partial charge in [-0.15, -0.1) is 17.5 Å². The molecule has 24 heavy (non-hydrogen) atoms. The van der Waals surface area contributed by atoms with Gasteiger partial charge in [-0.1, -0.05) is 11.3 Å². The quantitative estimate of drug-likeness (QED) is 0.653. The van der Waals surface area contributed by atoms with E-state index in [1.165, 1.54) is 23.0 Å². The fraction of sp³-hybridized carbons (Fsp3) is 0.357. The molecule has 2 heterocycles. The van der Waals surface area contributed by atoms with Gasteiger partial charge in [0.05, 0.1) is 16.8 Å². The molecule has 1 aliphatic rings. The highest BCUT2D eigenvalue weighted by molar-refractivity contribution is 5.92. The number of nitrogens with one attached hydrogen (secondary N) is 1. The lowest BCUT2D eigenvalue weighted by molar-refractivity contribution is -0.384. The van der Waals surface area contributed by atoms with Crippen LogP contribution in [0, 0.1) is 10.1 Å². The van der Waals surface area contributed by atoms with Crippen molar-refractivity contribution in [3.63, 3.8) is 0 Å². The zero-order chi connectivity index (χ0) is 16.4. The van der Waals surface area contributed by atoms with Crippen molar-refractivity contribution in [1.29, 1.82) is 0 Å². The molecule has 10 heteroatoms. The van der Waals surface area contributed by atoms with Gasteiger partial charge >= 0.3 is 0 Å². The Hall–Kier alpha value is -2.52. The number of benzene rings is 1. The number of halogens is 1. The number of hydrogen-bond acceptors (Lipinski definition) is 6. The summed E-state index contributed by atoms with van der Waals surface area (Å²) in [5, 5.41) is 21.9. The molecule has 9 nitrogen and oxygen atoms in total. The molecular weight excluding hydrogens is 336 g/mol. The molecule has 1 aromatic carbocycles. The monoisotopic (exact) mass is 352 g/mol. The number of rotatable bonds is 3. The zero-order valence-electron chi connectivity index (χ0n) is 13.0. The van der Waals surface area contributed by atoms with Gasteiger partial charge in [0.2, 0.25) is 0 Å². The van der Waals surface area contributed by atoms with Crippen LogP contribution in [-0.2, 0) is 0 Å². The van der Waals surface area contributed by atoms with Crippen molar-refractivity contribution in [2.45, 2.75) is 13.0 Å². The molecule has 1 fully saturated rings. The van der Waals surface area contributed by atoms with Gasteiger partial charge in [-0.25, -0.2) is 4.68 Å². The second-order valence-electron chi connectivity index (χ2n) is 5.38. The maximum absolute atomic E-state index is 12.5. The third kappa shape index (κ3) is 3.52. The molecule has 1 aliphatic heterocycles. The summed E-state index contributed by atoms with van der Waals surface area (Å²) in [4.78, 5) is 24.6. The van der Waals surface area contributed by atoms with E-state index < -0.39 is 4.92 Å². The second kappa shape index (κ2) is 7.37. The van der Waals surface area contributed by atoms with Crippen LogP contribution in [0.5, 0.6) is 0 Å². The van der Waals surface area contributed by atoms with Crippen LogP contribution in [0.2, 0.25) is 0 Å². The number of nitro benzene ring substituents is 1. The van der Waals surface area contributed by atoms with Crippen LogP contribution in [-0.4, -0.2) is 56.4 Å². The molecule has 1 atom stereocenters. The average molecular weight is 353 g/mol. The highest BCUT2D eigenvalue weighted by Crippen LogP contribution is 2.16. The van der Waals surface area contributed by atoms with E-state index in [0.29, 0.717) is 12.2 Å². The van der Waals surface area contributed by atoms with Crippen LogP contribution in [0.15, 0.2) is 30.5 Å². The SMILES string of the molecule is C[C@@H]1CNCCN1C(=O)c1cn(-c2cccc([N+](=O)[O-])c2)nn1.Cl. The van der Waals surface area contributed by atoms with Crippen molar-refractivity contribution in [2.75, 3.05) is 19.6 Å². The lowest BCUT2D eigenvalue weighted by Gasteiger charge is -2.33. The minimum Gasteiger partial charge on any atom is -0.332 e. The molecule has 1 N–H and O–H groups in total. The fourth-order valence-corrected chi connectivity index (χ4v) is 2.53. The number of piperazine rings is 1. The van der Waals surface area contributed by atoms with Crippen LogP contribution < -0.4 is 5.32 Å². The summed E-state index contributed by atoms with van der Waals surface area (Å²) in [6.45, 7) is 4.07. The maximum Gasteiger partial charge on any atom is 0.276 e. The Balaban J connectivity index is 0.00000208. The molecule has 3 rings (SSSR count). The zero-order valence-corrected chi connectivity index (χ0v) is 13.8. The smallest absolute Gasteiger partial charge is 0.276 e. The van der Waals surface area contributed by atoms with Crippen LogP contribution >= 0.6 is 12.4 Å². The van der Waals surface area contributed by atoms with E-state index in [1.54, 1.807) is 17.0 Å². The Labute approximate surface area is 144 Å². The Morgan fingerprint density at radius 2 is 2.25 bits per heavy atom. The molecule has 1 amide bonds. The Morgan fingerprint density at radius 1 is 1.46 bits per heavy atom. The van der Waals surface area contributed by atoms with Crippen molar-refractivity contribution < 1.29 is 9.72 Å². The number of hydrogen-bond donors (Lipinski definition) is 1. The van der Waals surface area contributed by atoms with Gasteiger partial charge in [0, 0.05) is 37.8 Å². The number of non-ortho nitro benzene ring substituents is 1. The van der Waals surface area contributed by atoms with E-state index in [1.807, 2.05) is 6.92 Å². The summed E-state index contributed by atoms with van der Waals surface area (Å²) in [5.74, 6) is -0.185. The lowest BCUT2D eigenvalue weighted by Crippen LogP contribution is -2.52. The van der Waals surface area contributed by atoms with Gasteiger partial charge in [0.25, 0.3) is 11.6 Å². The summed E-state index contributed by atoms with van der Waals surface area (Å²) in [5.41, 5.74) is 0.672. The van der Waals surface area contributed by atoms with E-state index in [0.717, 1.165) is 13.1 Å². The van der Waals surface area contributed by atoms with Crippen LogP contribution in [0.25, 0.3) is 5.69 Å². The normalized spacial score (nSPS) is 17.2. The standard InChI is InChI=1S/C14H16N6O3.ClH/c1-10-8-15-5-6-18(10)14(21)13-9-19(17-16-13)11-3-2-4-12(7-11)20(22)23;/h2-4,7,9-10,15H,5-6,8H2,1H3;1H/t10-;/m1./s1. The predicted octanol–water partition coefficient (Wildman–Crippen LogP) is 1.03. The molecule has 2 aromatic rings. The number of carbonyl (C=O) groups excluding carboxylic acids is 1. The summed E-state index contributed by atoms with van der Waals surface area (Å²) in [7, 11) is 0. The Kier molecular flexibility index (Phi) is 5.47. The first-order chi connectivity index (χ1) is 11.1. The molecule has 128 valence electrons. The first-order valence-corrected chi connectivity index (χ1v) is 7.25. The third-order valence-corrected chi connectivity index (χ3v) is 3.78. The van der Waals surface area contributed by atoms with Crippen molar-refractivity contribution in [2.24, 2.45) is 0 Å². The average Bonchev–Trinajstić information content (AvgIpc) is 3.05. The lowest BCUT2D eigenvalue weighted by atomic mass is 10.2. The largest absolute Gasteiger partial charge is 0.332 e. The van der Waals surface area contributed by atoms with Gasteiger partial charge in [0.15, 0.2) is 5.69 Å². The van der Waals surface area contributed by atoms with Crippen LogP contribution in [0.4, 0.5) is 5.69 Å². The van der Waals surface area contributed by atoms with E-state index in [9.17, 15) is 14.9 Å². The molecule has 1 saturated heterocycles. The fourth-order valence-electron chi connectivity index (χ4n) is 2.53. The molecule has 0 bridgehead atoms. The van der Waals surface area contributed by atoms with Gasteiger partial charge in [-0.05, 0) is 13.0 Å². The summed E-state index contributed by atoms with van der Waals surface area (Å²) >= 11 is 0. The number of aromatic nitrogens is 3. The second-order valence-corrected chi connectivity index (χ2v) is 5.38. The van der Waals surface area contributed by atoms with E-state index in [4.69, 9.17) is 0 Å². The maximum atomic E-state index is 12.5. The first kappa shape index (κ1) is 17.8. The molecule has 1 aromatic heterocycles. The Morgan fingerprint density at radius 3 is 2.96 bits per heavy atom. The van der Waals surface area contributed by atoms with Crippen molar-refractivity contribution in [3.8, 4) is 5.69 Å². The van der Waals surface area contributed by atoms with Crippen molar-refractivity contribution >= 4 is 24.0 Å². The minimum atomic E-state index is -0.477. The summed E-state index contributed by atoms with van der Waals surface area (Å²) in [6, 6.07) is 6.10. The highest BCUT2D eigenvalue weighted by Gasteiger charge is 2.26. The van der Waals surface area contributed by atoms with Gasteiger partial charge in [-0.2, -0.15) is 0 Å². The van der Waals surface area contributed by atoms with Crippen LogP contribution in [0.1, 0.15) is 17.4 Å². The van der Waals surface area contributed by atoms with Gasteiger partial charge in [-0.3, -0.25) is 14.9 Å². The van der Waals surface area contributed by atoms with Gasteiger partial charge < -0.3 is 10.2 Å². The van der Waals surface area contributed by atoms with E-state index in [-0.39, 0.29) is 35.7 Å². The summed E-state index contributed by atoms with van der Waals surface area (Å²) in [6.07, 6.45) is 1.50. The number of nitrogens with zero attached hydrogens (tertiary/aromatic N) is 5. The predicted molar refractivity (Wildman–Crippen MR) is 88.6 cm³/mol. The van der Waals surface area contributed by atoms with Crippen molar-refractivity contribution in [3.05, 3.63) is 46.3 Å². The third-order valence-electron chi connectivity index (χ3n) is 3.78. The number of nitro groups is 1. The number of carbonyl (C=O) groups is 1. The first-order valence-electron chi connectivity index (χ1n) is 7.25. The molecule has 0 spiro atoms. The van der Waals surface area contributed by atoms with E-state index in [2.05, 4.69) is 15.6 Å². The molecule has 0 radical (unpaired) electrons. The Bertz CT molecular complexity index is 750. The topological polar surface area (TPSA) is 106 Å².